The van der Waals surface area contributed by atoms with Gasteiger partial charge in [-0.1, -0.05) is 37.1 Å². The number of nitrogens with zero attached hydrogens (tertiary/aromatic N) is 1. The molecule has 0 radical (unpaired) electrons. The Kier molecular flexibility index (Phi) is 8.27. The zero-order valence-electron chi connectivity index (χ0n) is 17.6. The van der Waals surface area contributed by atoms with Gasteiger partial charge in [-0.15, -0.1) is 0 Å². The van der Waals surface area contributed by atoms with Gasteiger partial charge >= 0.3 is 0 Å². The van der Waals surface area contributed by atoms with Gasteiger partial charge in [-0.2, -0.15) is 0 Å². The van der Waals surface area contributed by atoms with E-state index in [1.165, 1.54) is 0 Å². The van der Waals surface area contributed by atoms with E-state index in [0.717, 1.165) is 38.8 Å². The predicted molar refractivity (Wildman–Crippen MR) is 117 cm³/mol. The Morgan fingerprint density at radius 3 is 2.30 bits per heavy atom. The van der Waals surface area contributed by atoms with Crippen LogP contribution in [0.25, 0.3) is 0 Å². The molecule has 0 bridgehead atoms. The number of rotatable bonds is 8. The molecule has 0 aliphatic carbocycles. The first-order valence-corrected chi connectivity index (χ1v) is 10.7. The largest absolute Gasteiger partial charge is 0.490 e. The van der Waals surface area contributed by atoms with Crippen molar-refractivity contribution in [3.05, 3.63) is 59.7 Å². The highest BCUT2D eigenvalue weighted by molar-refractivity contribution is 6.10. The minimum Gasteiger partial charge on any atom is -0.490 e. The fourth-order valence-corrected chi connectivity index (χ4v) is 3.55. The Morgan fingerprint density at radius 1 is 0.900 bits per heavy atom. The zero-order valence-corrected chi connectivity index (χ0v) is 17.6. The second-order valence-electron chi connectivity index (χ2n) is 7.25. The molecule has 1 heterocycles. The van der Waals surface area contributed by atoms with E-state index in [-0.39, 0.29) is 11.8 Å². The van der Waals surface area contributed by atoms with Crippen molar-refractivity contribution in [3.63, 3.8) is 0 Å². The summed E-state index contributed by atoms with van der Waals surface area (Å²) in [6, 6.07) is 14.3. The average Bonchev–Trinajstić information content (AvgIpc) is 3.06. The molecular weight excluding hydrogens is 380 g/mol. The van der Waals surface area contributed by atoms with Crippen LogP contribution in [-0.4, -0.2) is 49.6 Å². The van der Waals surface area contributed by atoms with Crippen molar-refractivity contribution in [3.8, 4) is 5.75 Å². The molecular formula is C24H30N2O4. The van der Waals surface area contributed by atoms with Crippen LogP contribution in [0.15, 0.2) is 48.5 Å². The lowest BCUT2D eigenvalue weighted by atomic mass is 10.1. The number of nitrogens with one attached hydrogen (secondary N) is 1. The van der Waals surface area contributed by atoms with E-state index in [0.29, 0.717) is 42.4 Å². The van der Waals surface area contributed by atoms with Crippen LogP contribution in [-0.2, 0) is 4.74 Å². The third-order valence-corrected chi connectivity index (χ3v) is 5.12. The van der Waals surface area contributed by atoms with E-state index in [4.69, 9.17) is 9.47 Å². The number of carbonyl (C=O) groups excluding carboxylic acids is 2. The molecule has 1 saturated heterocycles. The number of likely N-dealkylation sites (tertiary alicyclic amines) is 1. The van der Waals surface area contributed by atoms with Gasteiger partial charge < -0.3 is 19.7 Å². The van der Waals surface area contributed by atoms with Crippen LogP contribution < -0.4 is 10.1 Å². The minimum absolute atomic E-state index is 0.0333. The summed E-state index contributed by atoms with van der Waals surface area (Å²) in [5.41, 5.74) is 1.45. The number of anilines is 1. The maximum atomic E-state index is 13.1. The molecule has 0 saturated carbocycles. The smallest absolute Gasteiger partial charge is 0.259 e. The van der Waals surface area contributed by atoms with Crippen molar-refractivity contribution in [2.24, 2.45) is 0 Å². The first-order chi connectivity index (χ1) is 14.7. The van der Waals surface area contributed by atoms with E-state index in [9.17, 15) is 9.59 Å². The molecule has 160 valence electrons. The maximum absolute atomic E-state index is 13.1. The summed E-state index contributed by atoms with van der Waals surface area (Å²) >= 11 is 0. The lowest BCUT2D eigenvalue weighted by molar-refractivity contribution is 0.0762. The minimum atomic E-state index is -0.307. The van der Waals surface area contributed by atoms with Crippen LogP contribution in [0, 0.1) is 0 Å². The van der Waals surface area contributed by atoms with Gasteiger partial charge in [0.1, 0.15) is 12.4 Å². The van der Waals surface area contributed by atoms with Crippen LogP contribution in [0.3, 0.4) is 0 Å². The van der Waals surface area contributed by atoms with Gasteiger partial charge in [0.05, 0.1) is 23.4 Å². The summed E-state index contributed by atoms with van der Waals surface area (Å²) in [4.78, 5) is 28.0. The molecule has 3 rings (SSSR count). The van der Waals surface area contributed by atoms with Crippen molar-refractivity contribution < 1.29 is 19.1 Å². The van der Waals surface area contributed by atoms with Crippen molar-refractivity contribution in [2.75, 3.05) is 38.2 Å². The molecule has 1 aliphatic heterocycles. The number of hydrogen-bond acceptors (Lipinski definition) is 4. The van der Waals surface area contributed by atoms with Gasteiger partial charge in [0.25, 0.3) is 11.8 Å². The van der Waals surface area contributed by atoms with Crippen LogP contribution in [0.5, 0.6) is 5.75 Å². The van der Waals surface area contributed by atoms with Crippen LogP contribution in [0.1, 0.15) is 53.3 Å². The fourth-order valence-electron chi connectivity index (χ4n) is 3.55. The van der Waals surface area contributed by atoms with Gasteiger partial charge in [-0.05, 0) is 44.0 Å². The second-order valence-corrected chi connectivity index (χ2v) is 7.25. The number of para-hydroxylation sites is 2. The predicted octanol–water partition coefficient (Wildman–Crippen LogP) is 4.37. The summed E-state index contributed by atoms with van der Waals surface area (Å²) in [5, 5.41) is 2.91. The summed E-state index contributed by atoms with van der Waals surface area (Å²) in [6.07, 6.45) is 4.35. The van der Waals surface area contributed by atoms with Crippen molar-refractivity contribution in [1.29, 1.82) is 0 Å². The SMILES string of the molecule is CCOCCOc1ccccc1C(=O)Nc1ccccc1C(=O)N1CCCCCC1. The average molecular weight is 411 g/mol. The Bertz CT molecular complexity index is 845. The maximum Gasteiger partial charge on any atom is 0.259 e. The molecule has 30 heavy (non-hydrogen) atoms. The Balaban J connectivity index is 1.74. The van der Waals surface area contributed by atoms with E-state index in [1.807, 2.05) is 30.0 Å². The van der Waals surface area contributed by atoms with E-state index >= 15 is 0 Å². The molecule has 2 aromatic rings. The van der Waals surface area contributed by atoms with E-state index < -0.39 is 0 Å². The number of amides is 2. The van der Waals surface area contributed by atoms with Crippen molar-refractivity contribution >= 4 is 17.5 Å². The highest BCUT2D eigenvalue weighted by atomic mass is 16.5. The van der Waals surface area contributed by atoms with Gasteiger partial charge in [0.15, 0.2) is 0 Å². The molecule has 2 amide bonds. The fraction of sp³-hybridized carbons (Fsp3) is 0.417. The molecule has 1 fully saturated rings. The molecule has 1 aliphatic rings. The molecule has 0 aromatic heterocycles. The molecule has 2 aromatic carbocycles. The molecule has 6 nitrogen and oxygen atoms in total. The van der Waals surface area contributed by atoms with Crippen LogP contribution in [0.4, 0.5) is 5.69 Å². The summed E-state index contributed by atoms with van der Waals surface area (Å²) in [7, 11) is 0. The third-order valence-electron chi connectivity index (χ3n) is 5.12. The van der Waals surface area contributed by atoms with Gasteiger partial charge in [0, 0.05) is 19.7 Å². The number of benzene rings is 2. The quantitative estimate of drug-likeness (QED) is 0.656. The van der Waals surface area contributed by atoms with Gasteiger partial charge in [0.2, 0.25) is 0 Å². The number of carbonyl (C=O) groups is 2. The lowest BCUT2D eigenvalue weighted by Gasteiger charge is -2.22. The Labute approximate surface area is 178 Å². The molecule has 0 atom stereocenters. The third kappa shape index (κ3) is 5.83. The first-order valence-electron chi connectivity index (χ1n) is 10.7. The number of ether oxygens (including phenoxy) is 2. The monoisotopic (exact) mass is 410 g/mol. The summed E-state index contributed by atoms with van der Waals surface area (Å²) < 4.78 is 11.0. The topological polar surface area (TPSA) is 67.9 Å². The zero-order chi connectivity index (χ0) is 21.2. The normalized spacial score (nSPS) is 14.1. The Hall–Kier alpha value is -2.86. The summed E-state index contributed by atoms with van der Waals surface area (Å²) in [5.74, 6) is 0.151. The van der Waals surface area contributed by atoms with Crippen LogP contribution >= 0.6 is 0 Å². The lowest BCUT2D eigenvalue weighted by Crippen LogP contribution is -2.32. The standard InChI is InChI=1S/C24H30N2O4/c1-2-29-17-18-30-22-14-8-6-12-20(22)23(27)25-21-13-7-5-11-19(21)24(28)26-15-9-3-4-10-16-26/h5-8,11-14H,2-4,9-10,15-18H2,1H3,(H,25,27). The first kappa shape index (κ1) is 21.8. The molecule has 0 unspecified atom stereocenters. The van der Waals surface area contributed by atoms with Gasteiger partial charge in [-0.3, -0.25) is 9.59 Å². The second kappa shape index (κ2) is 11.4. The van der Waals surface area contributed by atoms with Crippen molar-refractivity contribution in [1.82, 2.24) is 4.90 Å². The molecule has 6 heteroatoms. The molecule has 0 spiro atoms. The van der Waals surface area contributed by atoms with E-state index in [2.05, 4.69) is 5.32 Å². The van der Waals surface area contributed by atoms with Gasteiger partial charge in [-0.25, -0.2) is 0 Å². The van der Waals surface area contributed by atoms with Crippen LogP contribution in [0.2, 0.25) is 0 Å². The Morgan fingerprint density at radius 2 is 1.57 bits per heavy atom. The van der Waals surface area contributed by atoms with Crippen molar-refractivity contribution in [2.45, 2.75) is 32.6 Å². The molecule has 1 N–H and O–H groups in total. The highest BCUT2D eigenvalue weighted by Gasteiger charge is 2.21. The summed E-state index contributed by atoms with van der Waals surface area (Å²) in [6.45, 7) is 4.89. The van der Waals surface area contributed by atoms with E-state index in [1.54, 1.807) is 30.3 Å². The highest BCUT2D eigenvalue weighted by Crippen LogP contribution is 2.23. The number of hydrogen-bond donors (Lipinski definition) is 1.